The fourth-order valence-electron chi connectivity index (χ4n) is 3.41. The molecule has 0 aliphatic carbocycles. The maximum Gasteiger partial charge on any atom is 0.246 e. The third-order valence-electron chi connectivity index (χ3n) is 4.74. The molecule has 2 aliphatic rings. The van der Waals surface area contributed by atoms with Crippen LogP contribution in [0.15, 0.2) is 30.3 Å². The first-order chi connectivity index (χ1) is 11.7. The molecule has 5 heteroatoms. The van der Waals surface area contributed by atoms with Gasteiger partial charge in [-0.2, -0.15) is 0 Å². The molecule has 130 valence electrons. The number of benzene rings is 1. The van der Waals surface area contributed by atoms with Gasteiger partial charge in [-0.15, -0.1) is 0 Å². The second-order valence-electron chi connectivity index (χ2n) is 6.59. The molecule has 0 radical (unpaired) electrons. The molecule has 3 rings (SSSR count). The van der Waals surface area contributed by atoms with Gasteiger partial charge in [-0.25, -0.2) is 4.39 Å². The first-order valence-corrected chi connectivity index (χ1v) is 8.73. The lowest BCUT2D eigenvalue weighted by Gasteiger charge is -2.36. The molecule has 1 atom stereocenters. The summed E-state index contributed by atoms with van der Waals surface area (Å²) >= 11 is 0. The standard InChI is InChI=1S/C19H25FN2O2/c20-18-6-3-16(4-7-18)5-8-19(23)22-9-1-2-17(15-22)14-21-10-12-24-13-11-21/h3-8,17H,1-2,9-15H2/b8-5+/t17-/m0/s1. The number of piperidine rings is 1. The Morgan fingerprint density at radius 2 is 1.96 bits per heavy atom. The van der Waals surface area contributed by atoms with E-state index < -0.39 is 0 Å². The van der Waals surface area contributed by atoms with Crippen molar-refractivity contribution < 1.29 is 13.9 Å². The van der Waals surface area contributed by atoms with E-state index in [0.717, 1.165) is 57.9 Å². The average Bonchev–Trinajstić information content (AvgIpc) is 2.62. The van der Waals surface area contributed by atoms with Crippen LogP contribution < -0.4 is 0 Å². The molecule has 1 aromatic rings. The lowest BCUT2D eigenvalue weighted by Crippen LogP contribution is -2.45. The van der Waals surface area contributed by atoms with E-state index in [0.29, 0.717) is 5.92 Å². The van der Waals surface area contributed by atoms with Gasteiger partial charge in [0.2, 0.25) is 5.91 Å². The molecule has 0 aromatic heterocycles. The first-order valence-electron chi connectivity index (χ1n) is 8.73. The molecule has 24 heavy (non-hydrogen) atoms. The molecule has 2 heterocycles. The van der Waals surface area contributed by atoms with Crippen LogP contribution in [0.25, 0.3) is 6.08 Å². The number of carbonyl (C=O) groups excluding carboxylic acids is 1. The van der Waals surface area contributed by atoms with Gasteiger partial charge < -0.3 is 9.64 Å². The van der Waals surface area contributed by atoms with Crippen molar-refractivity contribution in [2.24, 2.45) is 5.92 Å². The second-order valence-corrected chi connectivity index (χ2v) is 6.59. The van der Waals surface area contributed by atoms with Crippen LogP contribution in [-0.4, -0.2) is 61.6 Å². The highest BCUT2D eigenvalue weighted by atomic mass is 19.1. The maximum atomic E-state index is 12.9. The molecule has 2 aliphatic heterocycles. The zero-order chi connectivity index (χ0) is 16.8. The van der Waals surface area contributed by atoms with Crippen molar-refractivity contribution in [2.75, 3.05) is 45.9 Å². The van der Waals surface area contributed by atoms with Gasteiger partial charge >= 0.3 is 0 Å². The number of hydrogen-bond donors (Lipinski definition) is 0. The fourth-order valence-corrected chi connectivity index (χ4v) is 3.41. The Morgan fingerprint density at radius 3 is 2.71 bits per heavy atom. The van der Waals surface area contributed by atoms with Gasteiger partial charge in [0.1, 0.15) is 5.82 Å². The number of nitrogens with zero attached hydrogens (tertiary/aromatic N) is 2. The van der Waals surface area contributed by atoms with Gasteiger partial charge in [-0.1, -0.05) is 12.1 Å². The Bertz CT molecular complexity index is 567. The fraction of sp³-hybridized carbons (Fsp3) is 0.526. The number of halogens is 1. The molecule has 0 bridgehead atoms. The predicted octanol–water partition coefficient (Wildman–Crippen LogP) is 2.41. The Kier molecular flexibility index (Phi) is 5.99. The molecule has 1 amide bonds. The molecule has 0 unspecified atom stereocenters. The van der Waals surface area contributed by atoms with Crippen LogP contribution in [0.2, 0.25) is 0 Å². The largest absolute Gasteiger partial charge is 0.379 e. The number of ether oxygens (including phenoxy) is 1. The van der Waals surface area contributed by atoms with Gasteiger partial charge in [0, 0.05) is 38.8 Å². The van der Waals surface area contributed by atoms with Crippen LogP contribution in [0, 0.1) is 11.7 Å². The molecule has 0 N–H and O–H groups in total. The molecular formula is C19H25FN2O2. The minimum Gasteiger partial charge on any atom is -0.379 e. The number of morpholine rings is 1. The normalized spacial score (nSPS) is 22.9. The molecular weight excluding hydrogens is 307 g/mol. The molecule has 0 saturated carbocycles. The number of carbonyl (C=O) groups is 1. The van der Waals surface area contributed by atoms with Gasteiger partial charge in [0.15, 0.2) is 0 Å². The predicted molar refractivity (Wildman–Crippen MR) is 92.0 cm³/mol. The summed E-state index contributed by atoms with van der Waals surface area (Å²) in [4.78, 5) is 16.8. The van der Waals surface area contributed by atoms with Crippen molar-refractivity contribution in [2.45, 2.75) is 12.8 Å². The van der Waals surface area contributed by atoms with Crippen molar-refractivity contribution in [3.05, 3.63) is 41.7 Å². The maximum absolute atomic E-state index is 12.9. The van der Waals surface area contributed by atoms with E-state index in [-0.39, 0.29) is 11.7 Å². The van der Waals surface area contributed by atoms with E-state index in [9.17, 15) is 9.18 Å². The molecule has 2 saturated heterocycles. The van der Waals surface area contributed by atoms with Crippen molar-refractivity contribution in [3.8, 4) is 0 Å². The van der Waals surface area contributed by atoms with Gasteiger partial charge in [-0.05, 0) is 42.5 Å². The summed E-state index contributed by atoms with van der Waals surface area (Å²) in [6.45, 7) is 6.32. The van der Waals surface area contributed by atoms with E-state index >= 15 is 0 Å². The van der Waals surface area contributed by atoms with Crippen molar-refractivity contribution in [1.29, 1.82) is 0 Å². The summed E-state index contributed by atoms with van der Waals surface area (Å²) in [6, 6.07) is 6.17. The smallest absolute Gasteiger partial charge is 0.246 e. The van der Waals surface area contributed by atoms with E-state index in [1.807, 2.05) is 4.90 Å². The third kappa shape index (κ3) is 4.89. The highest BCUT2D eigenvalue weighted by Crippen LogP contribution is 2.19. The van der Waals surface area contributed by atoms with E-state index in [4.69, 9.17) is 4.74 Å². The number of rotatable bonds is 4. The topological polar surface area (TPSA) is 32.8 Å². The zero-order valence-corrected chi connectivity index (χ0v) is 14.0. The van der Waals surface area contributed by atoms with Crippen LogP contribution in [-0.2, 0) is 9.53 Å². The summed E-state index contributed by atoms with van der Waals surface area (Å²) < 4.78 is 18.3. The minimum atomic E-state index is -0.263. The Labute approximate surface area is 142 Å². The minimum absolute atomic E-state index is 0.0472. The van der Waals surface area contributed by atoms with Gasteiger partial charge in [0.25, 0.3) is 0 Å². The summed E-state index contributed by atoms with van der Waals surface area (Å²) in [5.41, 5.74) is 0.839. The Morgan fingerprint density at radius 1 is 1.21 bits per heavy atom. The Hall–Kier alpha value is -1.72. The molecule has 2 fully saturated rings. The average molecular weight is 332 g/mol. The van der Waals surface area contributed by atoms with Crippen LogP contribution in [0.1, 0.15) is 18.4 Å². The summed E-state index contributed by atoms with van der Waals surface area (Å²) in [6.07, 6.45) is 5.60. The monoisotopic (exact) mass is 332 g/mol. The molecule has 1 aromatic carbocycles. The van der Waals surface area contributed by atoms with Crippen molar-refractivity contribution in [1.82, 2.24) is 9.80 Å². The van der Waals surface area contributed by atoms with Crippen LogP contribution in [0.4, 0.5) is 4.39 Å². The molecule has 4 nitrogen and oxygen atoms in total. The summed E-state index contributed by atoms with van der Waals surface area (Å²) in [5.74, 6) is 0.325. The highest BCUT2D eigenvalue weighted by molar-refractivity contribution is 5.91. The van der Waals surface area contributed by atoms with Crippen LogP contribution in [0.5, 0.6) is 0 Å². The number of hydrogen-bond acceptors (Lipinski definition) is 3. The summed E-state index contributed by atoms with van der Waals surface area (Å²) in [5, 5.41) is 0. The lowest BCUT2D eigenvalue weighted by molar-refractivity contribution is -0.127. The second kappa shape index (κ2) is 8.40. The van der Waals surface area contributed by atoms with Crippen molar-refractivity contribution in [3.63, 3.8) is 0 Å². The first kappa shape index (κ1) is 17.1. The lowest BCUT2D eigenvalue weighted by atomic mass is 9.97. The number of amides is 1. The zero-order valence-electron chi connectivity index (χ0n) is 14.0. The van der Waals surface area contributed by atoms with Crippen LogP contribution >= 0.6 is 0 Å². The van der Waals surface area contributed by atoms with E-state index in [1.54, 1.807) is 24.3 Å². The van der Waals surface area contributed by atoms with Gasteiger partial charge in [0.05, 0.1) is 13.2 Å². The SMILES string of the molecule is O=C(/C=C/c1ccc(F)cc1)N1CCC[C@@H](CN2CCOCC2)C1. The Balaban J connectivity index is 1.51. The van der Waals surface area contributed by atoms with Gasteiger partial charge in [-0.3, -0.25) is 9.69 Å². The van der Waals surface area contributed by atoms with Crippen molar-refractivity contribution >= 4 is 12.0 Å². The van der Waals surface area contributed by atoms with Crippen LogP contribution in [0.3, 0.4) is 0 Å². The van der Waals surface area contributed by atoms with E-state index in [1.165, 1.54) is 18.6 Å². The summed E-state index contributed by atoms with van der Waals surface area (Å²) in [7, 11) is 0. The quantitative estimate of drug-likeness (QED) is 0.794. The third-order valence-corrected chi connectivity index (χ3v) is 4.74. The number of likely N-dealkylation sites (tertiary alicyclic amines) is 1. The molecule has 0 spiro atoms. The van der Waals surface area contributed by atoms with E-state index in [2.05, 4.69) is 4.90 Å². The highest BCUT2D eigenvalue weighted by Gasteiger charge is 2.24.